The summed E-state index contributed by atoms with van der Waals surface area (Å²) < 4.78 is 19.5. The third-order valence-electron chi connectivity index (χ3n) is 8.87. The Labute approximate surface area is 276 Å². The summed E-state index contributed by atoms with van der Waals surface area (Å²) in [6.07, 6.45) is 6.35. The molecule has 2 atom stereocenters. The van der Waals surface area contributed by atoms with E-state index in [1.165, 1.54) is 6.42 Å². The number of nitrogens with zero attached hydrogens (tertiary/aromatic N) is 3. The summed E-state index contributed by atoms with van der Waals surface area (Å²) in [6, 6.07) is 16.7. The molecule has 1 aliphatic rings. The lowest BCUT2D eigenvalue weighted by atomic mass is 9.95. The Balaban J connectivity index is 1.40. The van der Waals surface area contributed by atoms with Crippen LogP contribution < -0.4 is 5.32 Å². The topological polar surface area (TPSA) is 116 Å². The second-order valence-corrected chi connectivity index (χ2v) is 13.0. The normalized spacial score (nSPS) is 14.9. The van der Waals surface area contributed by atoms with Gasteiger partial charge >= 0.3 is 12.1 Å². The van der Waals surface area contributed by atoms with E-state index in [9.17, 15) is 14.4 Å². The Hall–Kier alpha value is -4.60. The summed E-state index contributed by atoms with van der Waals surface area (Å²) in [6.45, 7) is 5.71. The Bertz CT molecular complexity index is 1670. The van der Waals surface area contributed by atoms with Gasteiger partial charge < -0.3 is 28.7 Å². The second-order valence-electron chi connectivity index (χ2n) is 13.0. The van der Waals surface area contributed by atoms with Crippen molar-refractivity contribution < 1.29 is 28.3 Å². The Morgan fingerprint density at radius 1 is 1.04 bits per heavy atom. The van der Waals surface area contributed by atoms with Crippen molar-refractivity contribution in [2.24, 2.45) is 13.0 Å². The standard InChI is InChI=1S/C37H46N4O6/c1-24(2)20-32(47-37(44)41(5)28-16-10-7-11-17-28)34(42)38-30(21-27-22-40(4)31-19-13-12-18-29(27)31)35-39-33(25(3)46-35)36(43)45-23-26-14-8-6-9-15-26/h6,8-9,12-15,18-19,22,24,28,30,32H,7,10-11,16-17,20-21,23H2,1-5H3,(H,38,42)/t30-,32+/m1/s1. The molecule has 2 amide bonds. The number of ether oxygens (including phenoxy) is 2. The number of para-hydroxylation sites is 1. The van der Waals surface area contributed by atoms with E-state index in [1.54, 1.807) is 18.9 Å². The number of oxazole rings is 1. The van der Waals surface area contributed by atoms with Crippen LogP contribution in [0.4, 0.5) is 4.79 Å². The molecule has 0 radical (unpaired) electrons. The van der Waals surface area contributed by atoms with Crippen molar-refractivity contribution in [2.45, 2.75) is 90.5 Å². The molecule has 4 aromatic rings. The number of fused-ring (bicyclic) bond motifs is 1. The molecular weight excluding hydrogens is 596 g/mol. The van der Waals surface area contributed by atoms with E-state index >= 15 is 0 Å². The molecule has 1 aliphatic carbocycles. The number of amides is 2. The van der Waals surface area contributed by atoms with Gasteiger partial charge in [0.05, 0.1) is 0 Å². The number of carbonyl (C=O) groups excluding carboxylic acids is 3. The highest BCUT2D eigenvalue weighted by molar-refractivity contribution is 5.88. The number of esters is 1. The fourth-order valence-corrected chi connectivity index (χ4v) is 6.28. The average Bonchev–Trinajstić information content (AvgIpc) is 3.62. The van der Waals surface area contributed by atoms with Gasteiger partial charge in [0, 0.05) is 43.7 Å². The summed E-state index contributed by atoms with van der Waals surface area (Å²) in [5.74, 6) is -0.517. The molecule has 0 bridgehead atoms. The quantitative estimate of drug-likeness (QED) is 0.165. The molecule has 10 nitrogen and oxygen atoms in total. The van der Waals surface area contributed by atoms with Gasteiger partial charge in [-0.1, -0.05) is 81.6 Å². The largest absolute Gasteiger partial charge is 0.456 e. The minimum Gasteiger partial charge on any atom is -0.456 e. The highest BCUT2D eigenvalue weighted by Crippen LogP contribution is 2.28. The first-order chi connectivity index (χ1) is 22.6. The van der Waals surface area contributed by atoms with Crippen LogP contribution in [0.3, 0.4) is 0 Å². The number of rotatable bonds is 12. The number of benzene rings is 2. The van der Waals surface area contributed by atoms with Crippen molar-refractivity contribution in [1.29, 1.82) is 0 Å². The van der Waals surface area contributed by atoms with Crippen LogP contribution >= 0.6 is 0 Å². The first-order valence-electron chi connectivity index (χ1n) is 16.6. The summed E-state index contributed by atoms with van der Waals surface area (Å²) in [7, 11) is 3.72. The zero-order valence-electron chi connectivity index (χ0n) is 28.0. The fraction of sp³-hybridized carbons (Fsp3) is 0.459. The third-order valence-corrected chi connectivity index (χ3v) is 8.87. The third kappa shape index (κ3) is 8.41. The molecule has 250 valence electrons. The van der Waals surface area contributed by atoms with Gasteiger partial charge in [0.2, 0.25) is 5.89 Å². The molecule has 1 saturated carbocycles. The molecule has 2 heterocycles. The lowest BCUT2D eigenvalue weighted by Crippen LogP contribution is -2.45. The van der Waals surface area contributed by atoms with E-state index in [4.69, 9.17) is 13.9 Å². The first-order valence-corrected chi connectivity index (χ1v) is 16.6. The molecule has 0 aliphatic heterocycles. The van der Waals surface area contributed by atoms with Gasteiger partial charge in [0.25, 0.3) is 5.91 Å². The second kappa shape index (κ2) is 15.3. The molecule has 0 spiro atoms. The lowest BCUT2D eigenvalue weighted by Gasteiger charge is -2.32. The fourth-order valence-electron chi connectivity index (χ4n) is 6.28. The number of carbonyl (C=O) groups is 3. The molecule has 0 unspecified atom stereocenters. The zero-order chi connectivity index (χ0) is 33.5. The van der Waals surface area contributed by atoms with E-state index in [0.717, 1.165) is 47.7 Å². The molecule has 10 heteroatoms. The van der Waals surface area contributed by atoms with Crippen LogP contribution in [-0.2, 0) is 34.3 Å². The van der Waals surface area contributed by atoms with Gasteiger partial charge in [-0.25, -0.2) is 14.6 Å². The van der Waals surface area contributed by atoms with Crippen LogP contribution in [0.2, 0.25) is 0 Å². The minimum absolute atomic E-state index is 0.0485. The van der Waals surface area contributed by atoms with Crippen molar-refractivity contribution in [2.75, 3.05) is 7.05 Å². The van der Waals surface area contributed by atoms with Crippen molar-refractivity contribution in [3.63, 3.8) is 0 Å². The van der Waals surface area contributed by atoms with Crippen LogP contribution in [0.15, 0.2) is 65.2 Å². The van der Waals surface area contributed by atoms with E-state index in [1.807, 2.05) is 86.3 Å². The van der Waals surface area contributed by atoms with Crippen LogP contribution in [0.1, 0.15) is 91.7 Å². The summed E-state index contributed by atoms with van der Waals surface area (Å²) in [5.41, 5.74) is 2.90. The Morgan fingerprint density at radius 2 is 1.74 bits per heavy atom. The van der Waals surface area contributed by atoms with E-state index in [0.29, 0.717) is 12.8 Å². The van der Waals surface area contributed by atoms with E-state index < -0.39 is 30.1 Å². The number of nitrogens with one attached hydrogen (secondary N) is 1. The van der Waals surface area contributed by atoms with Crippen molar-refractivity contribution >= 4 is 28.9 Å². The predicted molar refractivity (Wildman–Crippen MR) is 179 cm³/mol. The molecule has 1 N–H and O–H groups in total. The Morgan fingerprint density at radius 3 is 2.47 bits per heavy atom. The molecule has 5 rings (SSSR count). The lowest BCUT2D eigenvalue weighted by molar-refractivity contribution is -0.132. The molecule has 1 fully saturated rings. The summed E-state index contributed by atoms with van der Waals surface area (Å²) >= 11 is 0. The van der Waals surface area contributed by atoms with Crippen LogP contribution in [0.5, 0.6) is 0 Å². The van der Waals surface area contributed by atoms with E-state index in [2.05, 4.69) is 10.3 Å². The summed E-state index contributed by atoms with van der Waals surface area (Å²) in [5, 5.41) is 4.10. The van der Waals surface area contributed by atoms with E-state index in [-0.39, 0.29) is 35.9 Å². The van der Waals surface area contributed by atoms with Gasteiger partial charge in [-0.15, -0.1) is 0 Å². The van der Waals surface area contributed by atoms with Crippen molar-refractivity contribution in [3.8, 4) is 0 Å². The molecular formula is C37H46N4O6. The van der Waals surface area contributed by atoms with Crippen LogP contribution in [0, 0.1) is 12.8 Å². The number of aromatic nitrogens is 2. The number of hydrogen-bond acceptors (Lipinski definition) is 7. The highest BCUT2D eigenvalue weighted by Gasteiger charge is 2.33. The smallest absolute Gasteiger partial charge is 0.410 e. The number of hydrogen-bond donors (Lipinski definition) is 1. The van der Waals surface area contributed by atoms with Crippen LogP contribution in [0.25, 0.3) is 10.9 Å². The van der Waals surface area contributed by atoms with Crippen molar-refractivity contribution in [1.82, 2.24) is 19.8 Å². The van der Waals surface area contributed by atoms with Gasteiger partial charge in [0.15, 0.2) is 11.8 Å². The molecule has 2 aromatic heterocycles. The maximum absolute atomic E-state index is 14.0. The minimum atomic E-state index is -1.02. The maximum Gasteiger partial charge on any atom is 0.410 e. The van der Waals surface area contributed by atoms with Crippen LogP contribution in [-0.4, -0.2) is 51.6 Å². The highest BCUT2D eigenvalue weighted by atomic mass is 16.6. The average molecular weight is 643 g/mol. The molecule has 47 heavy (non-hydrogen) atoms. The van der Waals surface area contributed by atoms with Crippen molar-refractivity contribution in [3.05, 3.63) is 89.3 Å². The van der Waals surface area contributed by atoms with Gasteiger partial charge in [-0.05, 0) is 49.3 Å². The Kier molecular flexibility index (Phi) is 11.0. The van der Waals surface area contributed by atoms with Gasteiger partial charge in [0.1, 0.15) is 18.4 Å². The van der Waals surface area contributed by atoms with Gasteiger partial charge in [-0.3, -0.25) is 4.79 Å². The maximum atomic E-state index is 14.0. The summed E-state index contributed by atoms with van der Waals surface area (Å²) in [4.78, 5) is 46.5. The molecule has 0 saturated heterocycles. The first kappa shape index (κ1) is 33.8. The molecule has 2 aromatic carbocycles. The predicted octanol–water partition coefficient (Wildman–Crippen LogP) is 7.05. The van der Waals surface area contributed by atoms with Gasteiger partial charge in [-0.2, -0.15) is 0 Å². The SMILES string of the molecule is Cc1oc([C@@H](Cc2cn(C)c3ccccc23)NC(=O)[C@H](CC(C)C)OC(=O)N(C)C2CCCCC2)nc1C(=O)OCc1ccccc1. The monoisotopic (exact) mass is 642 g/mol. The number of aryl methyl sites for hydroxylation is 2. The zero-order valence-corrected chi connectivity index (χ0v) is 28.0.